The van der Waals surface area contributed by atoms with E-state index in [2.05, 4.69) is 4.98 Å². The van der Waals surface area contributed by atoms with Crippen LogP contribution in [0.1, 0.15) is 5.56 Å². The molecule has 0 amide bonds. The summed E-state index contributed by atoms with van der Waals surface area (Å²) in [5.74, 6) is 0.693. The Labute approximate surface area is 141 Å². The number of rotatable bonds is 3. The third-order valence-corrected chi connectivity index (χ3v) is 3.89. The number of nitrogens with zero attached hydrogens (tertiary/aromatic N) is 1. The normalized spacial score (nSPS) is 11.5. The highest BCUT2D eigenvalue weighted by Gasteiger charge is 2.30. The molecule has 0 aliphatic carbocycles. The van der Waals surface area contributed by atoms with E-state index in [0.29, 0.717) is 21.9 Å². The van der Waals surface area contributed by atoms with Crippen molar-refractivity contribution in [2.75, 3.05) is 7.11 Å². The van der Waals surface area contributed by atoms with Gasteiger partial charge < -0.3 is 9.72 Å². The van der Waals surface area contributed by atoms with Crippen molar-refractivity contribution in [1.29, 1.82) is 0 Å². The van der Waals surface area contributed by atoms with E-state index in [-0.39, 0.29) is 0 Å². The van der Waals surface area contributed by atoms with Gasteiger partial charge in [-0.2, -0.15) is 13.2 Å². The Morgan fingerprint density at radius 3 is 2.42 bits per heavy atom. The van der Waals surface area contributed by atoms with Crippen molar-refractivity contribution in [2.24, 2.45) is 0 Å². The number of ether oxygens (including phenoxy) is 1. The van der Waals surface area contributed by atoms with Crippen LogP contribution in [0.5, 0.6) is 5.75 Å². The van der Waals surface area contributed by atoms with Crippen LogP contribution in [0.15, 0.2) is 54.7 Å². The molecule has 24 heavy (non-hydrogen) atoms. The molecule has 0 spiro atoms. The highest BCUT2D eigenvalue weighted by molar-refractivity contribution is 7.71. The summed E-state index contributed by atoms with van der Waals surface area (Å²) in [4.78, 5) is 2.89. The van der Waals surface area contributed by atoms with Crippen LogP contribution in [-0.2, 0) is 6.18 Å². The number of aromatic nitrogens is 2. The van der Waals surface area contributed by atoms with E-state index >= 15 is 0 Å². The zero-order valence-electron chi connectivity index (χ0n) is 12.6. The summed E-state index contributed by atoms with van der Waals surface area (Å²) in [5, 5.41) is 0. The largest absolute Gasteiger partial charge is 0.497 e. The third kappa shape index (κ3) is 3.07. The molecule has 7 heteroatoms. The van der Waals surface area contributed by atoms with Gasteiger partial charge in [-0.3, -0.25) is 4.57 Å². The number of benzene rings is 2. The van der Waals surface area contributed by atoms with Crippen molar-refractivity contribution >= 4 is 12.2 Å². The van der Waals surface area contributed by atoms with E-state index in [0.717, 1.165) is 17.7 Å². The molecule has 124 valence electrons. The van der Waals surface area contributed by atoms with Crippen LogP contribution in [0.2, 0.25) is 0 Å². The van der Waals surface area contributed by atoms with Crippen molar-refractivity contribution in [3.63, 3.8) is 0 Å². The fourth-order valence-electron chi connectivity index (χ4n) is 2.42. The van der Waals surface area contributed by atoms with Crippen molar-refractivity contribution < 1.29 is 17.9 Å². The molecule has 1 N–H and O–H groups in total. The van der Waals surface area contributed by atoms with Crippen molar-refractivity contribution in [2.45, 2.75) is 6.18 Å². The zero-order valence-corrected chi connectivity index (χ0v) is 13.4. The lowest BCUT2D eigenvalue weighted by Gasteiger charge is -2.12. The first kappa shape index (κ1) is 16.3. The number of hydrogen-bond donors (Lipinski definition) is 1. The summed E-state index contributed by atoms with van der Waals surface area (Å²) in [7, 11) is 1.56. The first-order valence-electron chi connectivity index (χ1n) is 7.02. The SMILES string of the molecule is COc1ccc(-c2c[nH]c(=S)n2-c2cccc(C(F)(F)F)c2)cc1. The lowest BCUT2D eigenvalue weighted by molar-refractivity contribution is -0.137. The fraction of sp³-hybridized carbons (Fsp3) is 0.118. The van der Waals surface area contributed by atoms with Crippen LogP contribution < -0.4 is 4.74 Å². The van der Waals surface area contributed by atoms with Crippen LogP contribution in [0, 0.1) is 4.77 Å². The van der Waals surface area contributed by atoms with Crippen LogP contribution in [0.3, 0.4) is 0 Å². The van der Waals surface area contributed by atoms with Gasteiger partial charge in [0.25, 0.3) is 0 Å². The molecule has 0 unspecified atom stereocenters. The molecule has 0 saturated carbocycles. The zero-order chi connectivity index (χ0) is 17.3. The van der Waals surface area contributed by atoms with Crippen LogP contribution in [0.4, 0.5) is 13.2 Å². The third-order valence-electron chi connectivity index (χ3n) is 3.59. The molecule has 1 aromatic heterocycles. The standard InChI is InChI=1S/C17H13F3N2OS/c1-23-14-7-5-11(6-8-14)15-10-21-16(24)22(15)13-4-2-3-12(9-13)17(18,19)20/h2-10H,1H3,(H,21,24). The van der Waals surface area contributed by atoms with E-state index in [1.54, 1.807) is 36.1 Å². The minimum Gasteiger partial charge on any atom is -0.497 e. The van der Waals surface area contributed by atoms with Crippen molar-refractivity contribution in [3.8, 4) is 22.7 Å². The van der Waals surface area contributed by atoms with Gasteiger partial charge in [0.2, 0.25) is 0 Å². The van der Waals surface area contributed by atoms with E-state index in [1.807, 2.05) is 12.1 Å². The molecule has 0 aliphatic heterocycles. The molecule has 0 radical (unpaired) electrons. The fourth-order valence-corrected chi connectivity index (χ4v) is 2.68. The topological polar surface area (TPSA) is 29.9 Å². The summed E-state index contributed by atoms with van der Waals surface area (Å²) in [6, 6.07) is 12.3. The number of halogens is 3. The monoisotopic (exact) mass is 350 g/mol. The number of aromatic amines is 1. The average Bonchev–Trinajstić information content (AvgIpc) is 2.96. The van der Waals surface area contributed by atoms with Gasteiger partial charge in [0.05, 0.1) is 18.4 Å². The highest BCUT2D eigenvalue weighted by atomic mass is 32.1. The predicted molar refractivity (Wildman–Crippen MR) is 87.9 cm³/mol. The molecule has 2 aromatic carbocycles. The van der Waals surface area contributed by atoms with Gasteiger partial charge in [-0.05, 0) is 54.7 Å². The maximum atomic E-state index is 13.0. The quantitative estimate of drug-likeness (QED) is 0.656. The second-order valence-corrected chi connectivity index (χ2v) is 5.48. The summed E-state index contributed by atoms with van der Waals surface area (Å²) in [6.45, 7) is 0. The number of alkyl halides is 3. The first-order chi connectivity index (χ1) is 11.4. The summed E-state index contributed by atoms with van der Waals surface area (Å²) >= 11 is 5.24. The van der Waals surface area contributed by atoms with Gasteiger partial charge in [-0.15, -0.1) is 0 Å². The Hall–Kier alpha value is -2.54. The van der Waals surface area contributed by atoms with Gasteiger partial charge in [0.1, 0.15) is 5.75 Å². The van der Waals surface area contributed by atoms with Gasteiger partial charge >= 0.3 is 6.18 Å². The molecule has 0 saturated heterocycles. The first-order valence-corrected chi connectivity index (χ1v) is 7.43. The molecule has 0 bridgehead atoms. The van der Waals surface area contributed by atoms with E-state index < -0.39 is 11.7 Å². The second kappa shape index (κ2) is 6.16. The molecular formula is C17H13F3N2OS. The maximum Gasteiger partial charge on any atom is 0.416 e. The molecular weight excluding hydrogens is 337 g/mol. The Kier molecular flexibility index (Phi) is 4.19. The lowest BCUT2D eigenvalue weighted by Crippen LogP contribution is -2.06. The minimum atomic E-state index is -4.41. The molecule has 0 atom stereocenters. The number of methoxy groups -OCH3 is 1. The second-order valence-electron chi connectivity index (χ2n) is 5.09. The summed E-state index contributed by atoms with van der Waals surface area (Å²) < 4.78 is 45.9. The van der Waals surface area contributed by atoms with E-state index in [9.17, 15) is 13.2 Å². The molecule has 3 nitrogen and oxygen atoms in total. The summed E-state index contributed by atoms with van der Waals surface area (Å²) in [5.41, 5.74) is 1.10. The van der Waals surface area contributed by atoms with Gasteiger partial charge in [0, 0.05) is 17.4 Å². The smallest absolute Gasteiger partial charge is 0.416 e. The highest BCUT2D eigenvalue weighted by Crippen LogP contribution is 2.32. The molecule has 3 rings (SSSR count). The molecule has 0 fully saturated rings. The van der Waals surface area contributed by atoms with Crippen molar-refractivity contribution in [1.82, 2.24) is 9.55 Å². The van der Waals surface area contributed by atoms with E-state index in [4.69, 9.17) is 17.0 Å². The Morgan fingerprint density at radius 1 is 1.08 bits per heavy atom. The molecule has 3 aromatic rings. The predicted octanol–water partition coefficient (Wildman–Crippen LogP) is 5.23. The summed E-state index contributed by atoms with van der Waals surface area (Å²) in [6.07, 6.45) is -2.74. The van der Waals surface area contributed by atoms with Gasteiger partial charge in [0.15, 0.2) is 4.77 Å². The molecule has 0 aliphatic rings. The lowest BCUT2D eigenvalue weighted by atomic mass is 10.1. The van der Waals surface area contributed by atoms with Crippen LogP contribution in [0.25, 0.3) is 16.9 Å². The van der Waals surface area contributed by atoms with Crippen LogP contribution >= 0.6 is 12.2 Å². The van der Waals surface area contributed by atoms with E-state index in [1.165, 1.54) is 6.07 Å². The number of imidazole rings is 1. The Morgan fingerprint density at radius 2 is 1.79 bits per heavy atom. The molecule has 1 heterocycles. The number of hydrogen-bond acceptors (Lipinski definition) is 2. The number of H-pyrrole nitrogens is 1. The number of nitrogens with one attached hydrogen (secondary N) is 1. The van der Waals surface area contributed by atoms with Crippen molar-refractivity contribution in [3.05, 3.63) is 65.1 Å². The van der Waals surface area contributed by atoms with Crippen LogP contribution in [-0.4, -0.2) is 16.7 Å². The van der Waals surface area contributed by atoms with Gasteiger partial charge in [-0.1, -0.05) is 6.07 Å². The Bertz CT molecular complexity index is 911. The minimum absolute atomic E-state index is 0.320. The Balaban J connectivity index is 2.12. The maximum absolute atomic E-state index is 13.0. The van der Waals surface area contributed by atoms with Gasteiger partial charge in [-0.25, -0.2) is 0 Å². The average molecular weight is 350 g/mol.